The van der Waals surface area contributed by atoms with E-state index in [-0.39, 0.29) is 25.7 Å². The predicted octanol–water partition coefficient (Wildman–Crippen LogP) is 19.5. The van der Waals surface area contributed by atoms with E-state index in [2.05, 4.69) is 48.5 Å². The quantitative estimate of drug-likeness (QED) is 0.0222. The van der Waals surface area contributed by atoms with E-state index in [1.165, 1.54) is 154 Å². The van der Waals surface area contributed by atoms with Gasteiger partial charge in [0.25, 0.3) is 0 Å². The molecule has 0 saturated heterocycles. The van der Waals surface area contributed by atoms with Gasteiger partial charge in [-0.2, -0.15) is 0 Å². The second kappa shape index (κ2) is 60.0. The first kappa shape index (κ1) is 86.1. The molecule has 2 unspecified atom stereocenters. The molecule has 17 nitrogen and oxygen atoms in total. The first-order valence-corrected chi connectivity index (χ1v) is 38.8. The molecule has 0 fully saturated rings. The number of carbonyl (C=O) groups is 4. The van der Waals surface area contributed by atoms with Gasteiger partial charge in [0, 0.05) is 25.7 Å². The average molecular weight is 1300 g/mol. The lowest BCUT2D eigenvalue weighted by Crippen LogP contribution is -2.30. The van der Waals surface area contributed by atoms with Crippen LogP contribution in [-0.4, -0.2) is 96.7 Å². The van der Waals surface area contributed by atoms with E-state index in [4.69, 9.17) is 37.0 Å². The van der Waals surface area contributed by atoms with Crippen molar-refractivity contribution in [1.29, 1.82) is 0 Å². The maximum absolute atomic E-state index is 13.0. The van der Waals surface area contributed by atoms with Crippen LogP contribution in [0, 0.1) is 17.8 Å². The number of aliphatic hydroxyl groups is 1. The van der Waals surface area contributed by atoms with Crippen molar-refractivity contribution in [1.82, 2.24) is 0 Å². The molecule has 522 valence electrons. The van der Waals surface area contributed by atoms with Gasteiger partial charge in [0.1, 0.15) is 19.3 Å². The number of phosphoric acid groups is 2. The van der Waals surface area contributed by atoms with Crippen LogP contribution in [0.4, 0.5) is 0 Å². The summed E-state index contributed by atoms with van der Waals surface area (Å²) >= 11 is 0. The molecule has 0 aromatic rings. The summed E-state index contributed by atoms with van der Waals surface area (Å²) < 4.78 is 68.2. The maximum atomic E-state index is 13.0. The Morgan fingerprint density at radius 2 is 0.523 bits per heavy atom. The van der Waals surface area contributed by atoms with Crippen molar-refractivity contribution >= 4 is 39.5 Å². The SMILES string of the molecule is CCCCCCCCCCCCCCC(=O)O[C@H](COC(=O)CCCCCCCCCCC(C)C)COP(=O)(O)OC[C@H](O)COP(=O)(O)OC[C@@H](COC(=O)CCCCCCCCCCCC(C)C)OC(=O)CCCCCCCCCCCCC(C)C. The molecule has 3 N–H and O–H groups in total. The van der Waals surface area contributed by atoms with Crippen molar-refractivity contribution in [2.45, 2.75) is 362 Å². The lowest BCUT2D eigenvalue weighted by atomic mass is 10.0. The number of phosphoric ester groups is 2. The number of hydrogen-bond acceptors (Lipinski definition) is 15. The van der Waals surface area contributed by atoms with Crippen LogP contribution in [0.1, 0.15) is 344 Å². The Morgan fingerprint density at radius 3 is 0.773 bits per heavy atom. The van der Waals surface area contributed by atoms with E-state index in [0.717, 1.165) is 108 Å². The molecular formula is C69H134O17P2. The molecular weight excluding hydrogens is 1160 g/mol. The molecule has 0 radical (unpaired) electrons. The highest BCUT2D eigenvalue weighted by atomic mass is 31.2. The number of rotatable bonds is 67. The molecule has 5 atom stereocenters. The lowest BCUT2D eigenvalue weighted by Gasteiger charge is -2.21. The Morgan fingerprint density at radius 1 is 0.307 bits per heavy atom. The van der Waals surface area contributed by atoms with Gasteiger partial charge in [0.15, 0.2) is 12.2 Å². The maximum Gasteiger partial charge on any atom is 0.472 e. The molecule has 19 heteroatoms. The molecule has 0 amide bonds. The highest BCUT2D eigenvalue weighted by Gasteiger charge is 2.30. The number of aliphatic hydroxyl groups excluding tert-OH is 1. The van der Waals surface area contributed by atoms with Crippen LogP contribution in [0.25, 0.3) is 0 Å². The van der Waals surface area contributed by atoms with Gasteiger partial charge in [-0.25, -0.2) is 9.13 Å². The second-order valence-electron chi connectivity index (χ2n) is 26.3. The minimum absolute atomic E-state index is 0.105. The number of carbonyl (C=O) groups excluding carboxylic acids is 4. The summed E-state index contributed by atoms with van der Waals surface area (Å²) in [6, 6.07) is 0. The average Bonchev–Trinajstić information content (AvgIpc) is 3.69. The number of unbranched alkanes of at least 4 members (excludes halogenated alkanes) is 35. The number of hydrogen-bond donors (Lipinski definition) is 3. The van der Waals surface area contributed by atoms with Crippen molar-refractivity contribution in [2.24, 2.45) is 17.8 Å². The van der Waals surface area contributed by atoms with Gasteiger partial charge in [0.05, 0.1) is 26.4 Å². The summed E-state index contributed by atoms with van der Waals surface area (Å²) in [5.41, 5.74) is 0. The fourth-order valence-corrected chi connectivity index (χ4v) is 11.9. The number of esters is 4. The Balaban J connectivity index is 5.26. The normalized spacial score (nSPS) is 14.2. The summed E-state index contributed by atoms with van der Waals surface area (Å²) in [5, 5.41) is 10.6. The van der Waals surface area contributed by atoms with Crippen LogP contribution in [0.5, 0.6) is 0 Å². The van der Waals surface area contributed by atoms with E-state index in [1.54, 1.807) is 0 Å². The van der Waals surface area contributed by atoms with Crippen molar-refractivity contribution in [2.75, 3.05) is 39.6 Å². The van der Waals surface area contributed by atoms with Crippen molar-refractivity contribution in [3.05, 3.63) is 0 Å². The monoisotopic (exact) mass is 1300 g/mol. The minimum atomic E-state index is -4.95. The first-order chi connectivity index (χ1) is 42.2. The van der Waals surface area contributed by atoms with Gasteiger partial charge in [-0.05, 0) is 43.4 Å². The van der Waals surface area contributed by atoms with Gasteiger partial charge in [-0.3, -0.25) is 37.3 Å². The third-order valence-corrected chi connectivity index (χ3v) is 17.8. The van der Waals surface area contributed by atoms with Crippen molar-refractivity contribution in [3.63, 3.8) is 0 Å². The molecule has 88 heavy (non-hydrogen) atoms. The summed E-state index contributed by atoms with van der Waals surface area (Å²) in [5.74, 6) is 0.0950. The fraction of sp³-hybridized carbons (Fsp3) is 0.942. The Bertz CT molecular complexity index is 1730. The lowest BCUT2D eigenvalue weighted by molar-refractivity contribution is -0.161. The highest BCUT2D eigenvalue weighted by molar-refractivity contribution is 7.47. The standard InChI is InChI=1S/C69H134O17P2/c1-8-9-10-11-12-13-14-15-21-31-38-45-52-68(73)85-65(57-80-67(72)51-44-37-30-25-24-28-35-42-49-62(6)7)59-84-88(77,78)82-55-63(70)54-81-87(75,76)83-58-64(56-79-66(71)50-43-36-29-23-18-20-27-34-41-48-61(4)5)86-69(74)53-46-39-32-22-17-16-19-26-33-40-47-60(2)3/h60-65,70H,8-59H2,1-7H3,(H,75,76)(H,77,78)/t63-,64-,65-/m1/s1. The summed E-state index contributed by atoms with van der Waals surface area (Å²) in [6.07, 6.45) is 43.0. The molecule has 0 saturated carbocycles. The summed E-state index contributed by atoms with van der Waals surface area (Å²) in [7, 11) is -9.90. The Labute approximate surface area is 537 Å². The van der Waals surface area contributed by atoms with Crippen LogP contribution >= 0.6 is 15.6 Å². The smallest absolute Gasteiger partial charge is 0.462 e. The van der Waals surface area contributed by atoms with Crippen LogP contribution in [0.2, 0.25) is 0 Å². The molecule has 0 aromatic heterocycles. The molecule has 0 bridgehead atoms. The Kier molecular flexibility index (Phi) is 58.7. The minimum Gasteiger partial charge on any atom is -0.462 e. The van der Waals surface area contributed by atoms with Gasteiger partial charge < -0.3 is 33.8 Å². The summed E-state index contributed by atoms with van der Waals surface area (Å²) in [6.45, 7) is 11.8. The molecule has 0 spiro atoms. The van der Waals surface area contributed by atoms with E-state index in [9.17, 15) is 43.2 Å². The van der Waals surface area contributed by atoms with Crippen molar-refractivity contribution < 1.29 is 80.2 Å². The van der Waals surface area contributed by atoms with Gasteiger partial charge in [0.2, 0.25) is 0 Å². The van der Waals surface area contributed by atoms with Gasteiger partial charge in [-0.1, -0.05) is 292 Å². The Hall–Kier alpha value is -1.94. The van der Waals surface area contributed by atoms with Crippen molar-refractivity contribution in [3.8, 4) is 0 Å². The largest absolute Gasteiger partial charge is 0.472 e. The van der Waals surface area contributed by atoms with Crippen LogP contribution in [0.3, 0.4) is 0 Å². The molecule has 0 rings (SSSR count). The van der Waals surface area contributed by atoms with E-state index in [1.807, 2.05) is 0 Å². The van der Waals surface area contributed by atoms with Gasteiger partial charge >= 0.3 is 39.5 Å². The topological polar surface area (TPSA) is 237 Å². The third-order valence-electron chi connectivity index (χ3n) is 15.9. The fourth-order valence-electron chi connectivity index (χ4n) is 10.4. The van der Waals surface area contributed by atoms with Crippen LogP contribution in [0.15, 0.2) is 0 Å². The third kappa shape index (κ3) is 62.8. The molecule has 0 aromatic carbocycles. The zero-order valence-corrected chi connectivity index (χ0v) is 59.0. The highest BCUT2D eigenvalue weighted by Crippen LogP contribution is 2.45. The molecule has 0 aliphatic heterocycles. The summed E-state index contributed by atoms with van der Waals surface area (Å²) in [4.78, 5) is 72.5. The van der Waals surface area contributed by atoms with Crippen LogP contribution in [-0.2, 0) is 65.4 Å². The predicted molar refractivity (Wildman–Crippen MR) is 354 cm³/mol. The molecule has 0 aliphatic carbocycles. The van der Waals surface area contributed by atoms with E-state index in [0.29, 0.717) is 25.7 Å². The zero-order valence-electron chi connectivity index (χ0n) is 57.2. The zero-order chi connectivity index (χ0) is 65.2. The number of ether oxygens (including phenoxy) is 4. The van der Waals surface area contributed by atoms with Crippen LogP contribution < -0.4 is 0 Å². The van der Waals surface area contributed by atoms with E-state index >= 15 is 0 Å². The van der Waals surface area contributed by atoms with Gasteiger partial charge in [-0.15, -0.1) is 0 Å². The molecule has 0 aliphatic rings. The molecule has 0 heterocycles. The second-order valence-corrected chi connectivity index (χ2v) is 29.3. The van der Waals surface area contributed by atoms with E-state index < -0.39 is 97.5 Å². The first-order valence-electron chi connectivity index (χ1n) is 35.8.